The summed E-state index contributed by atoms with van der Waals surface area (Å²) in [6, 6.07) is 5.68. The molecule has 0 aromatic carbocycles. The van der Waals surface area contributed by atoms with E-state index >= 15 is 0 Å². The number of alkyl halides is 3. The summed E-state index contributed by atoms with van der Waals surface area (Å²) in [6.07, 6.45) is -2.24. The van der Waals surface area contributed by atoms with Crippen molar-refractivity contribution in [1.82, 2.24) is 19.5 Å². The molecule has 1 aliphatic heterocycles. The number of rotatable bonds is 4. The Morgan fingerprint density at radius 3 is 2.86 bits per heavy atom. The molecule has 10 heteroatoms. The van der Waals surface area contributed by atoms with Crippen molar-refractivity contribution in [3.63, 3.8) is 0 Å². The monoisotopic (exact) mass is 424 g/mol. The van der Waals surface area contributed by atoms with Gasteiger partial charge in [-0.25, -0.2) is 9.50 Å². The van der Waals surface area contributed by atoms with E-state index < -0.39 is 11.9 Å². The van der Waals surface area contributed by atoms with E-state index in [2.05, 4.69) is 10.1 Å². The Morgan fingerprint density at radius 2 is 2.17 bits per heavy atom. The van der Waals surface area contributed by atoms with Gasteiger partial charge >= 0.3 is 6.18 Å². The fraction of sp³-hybridized carbons (Fsp3) is 0.421. The molecule has 3 aromatic rings. The van der Waals surface area contributed by atoms with Gasteiger partial charge in [0.05, 0.1) is 22.3 Å². The number of hydrogen-bond acceptors (Lipinski definition) is 5. The maximum Gasteiger partial charge on any atom is 0.433 e. The van der Waals surface area contributed by atoms with Crippen LogP contribution in [-0.4, -0.2) is 45.7 Å². The van der Waals surface area contributed by atoms with Crippen LogP contribution in [0, 0.1) is 0 Å². The van der Waals surface area contributed by atoms with E-state index in [0.29, 0.717) is 23.5 Å². The van der Waals surface area contributed by atoms with Crippen LogP contribution in [0.2, 0.25) is 0 Å². The highest BCUT2D eigenvalue weighted by Crippen LogP contribution is 2.36. The fourth-order valence-corrected chi connectivity index (χ4v) is 4.34. The van der Waals surface area contributed by atoms with E-state index in [1.165, 1.54) is 18.4 Å². The number of nitrogens with zero attached hydrogens (tertiary/aromatic N) is 4. The van der Waals surface area contributed by atoms with Gasteiger partial charge in [0.25, 0.3) is 0 Å². The zero-order valence-corrected chi connectivity index (χ0v) is 16.5. The number of amides is 1. The number of carbonyl (C=O) groups is 1. The smallest absolute Gasteiger partial charge is 0.375 e. The average Bonchev–Trinajstić information content (AvgIpc) is 3.36. The first-order valence-corrected chi connectivity index (χ1v) is 10.1. The Bertz CT molecular complexity index is 1020. The molecule has 4 heterocycles. The standard InChI is InChI=1S/C19H19F3N4O2S/c1-28-11-18(27)25-7-3-2-5-14(25)12-10-17-23-13(15-6-4-8-29-15)9-16(19(20,21)22)26(17)24-12/h4,6,8-10,14H,2-3,5,7,11H2,1H3. The van der Waals surface area contributed by atoms with Crippen LogP contribution in [0.25, 0.3) is 16.2 Å². The van der Waals surface area contributed by atoms with Crippen LogP contribution in [0.1, 0.15) is 36.7 Å². The summed E-state index contributed by atoms with van der Waals surface area (Å²) in [6.45, 7) is 0.458. The molecular weight excluding hydrogens is 405 g/mol. The van der Waals surface area contributed by atoms with Crippen molar-refractivity contribution < 1.29 is 22.7 Å². The zero-order valence-electron chi connectivity index (χ0n) is 15.6. The van der Waals surface area contributed by atoms with E-state index in [4.69, 9.17) is 4.74 Å². The van der Waals surface area contributed by atoms with E-state index in [9.17, 15) is 18.0 Å². The van der Waals surface area contributed by atoms with Gasteiger partial charge in [0.2, 0.25) is 5.91 Å². The van der Waals surface area contributed by atoms with Crippen LogP contribution in [0.3, 0.4) is 0 Å². The maximum absolute atomic E-state index is 13.7. The third-order valence-corrected chi connectivity index (χ3v) is 5.83. The molecule has 1 aliphatic rings. The fourth-order valence-electron chi connectivity index (χ4n) is 3.65. The molecule has 0 spiro atoms. The van der Waals surface area contributed by atoms with Crippen LogP contribution in [0.15, 0.2) is 29.6 Å². The average molecular weight is 424 g/mol. The lowest BCUT2D eigenvalue weighted by Gasteiger charge is -2.34. The zero-order chi connectivity index (χ0) is 20.6. The highest BCUT2D eigenvalue weighted by Gasteiger charge is 2.37. The van der Waals surface area contributed by atoms with Gasteiger partial charge in [-0.05, 0) is 36.8 Å². The summed E-state index contributed by atoms with van der Waals surface area (Å²) in [7, 11) is 1.44. The Morgan fingerprint density at radius 1 is 1.34 bits per heavy atom. The lowest BCUT2D eigenvalue weighted by molar-refractivity contribution is -0.143. The quantitative estimate of drug-likeness (QED) is 0.631. The Balaban J connectivity index is 1.81. The molecule has 29 heavy (non-hydrogen) atoms. The topological polar surface area (TPSA) is 59.7 Å². The Hall–Kier alpha value is -2.46. The van der Waals surface area contributed by atoms with Crippen molar-refractivity contribution in [1.29, 1.82) is 0 Å². The minimum absolute atomic E-state index is 0.0710. The molecule has 154 valence electrons. The number of hydrogen-bond donors (Lipinski definition) is 0. The Labute approximate surface area is 168 Å². The van der Waals surface area contributed by atoms with Gasteiger partial charge in [-0.1, -0.05) is 6.07 Å². The minimum Gasteiger partial charge on any atom is -0.375 e. The number of carbonyl (C=O) groups excluding carboxylic acids is 1. The normalized spacial score (nSPS) is 17.8. The molecule has 1 amide bonds. The summed E-state index contributed by atoms with van der Waals surface area (Å²) in [5, 5.41) is 6.01. The first kappa shape index (κ1) is 19.8. The van der Waals surface area contributed by atoms with Crippen molar-refractivity contribution in [2.24, 2.45) is 0 Å². The SMILES string of the molecule is COCC(=O)N1CCCCC1c1cc2nc(-c3cccs3)cc(C(F)(F)F)n2n1. The van der Waals surface area contributed by atoms with Crippen molar-refractivity contribution in [3.05, 3.63) is 41.0 Å². The molecule has 6 nitrogen and oxygen atoms in total. The largest absolute Gasteiger partial charge is 0.433 e. The van der Waals surface area contributed by atoms with E-state index in [1.807, 2.05) is 0 Å². The first-order chi connectivity index (χ1) is 13.9. The number of likely N-dealkylation sites (tertiary alicyclic amines) is 1. The molecule has 1 fully saturated rings. The minimum atomic E-state index is -4.59. The lowest BCUT2D eigenvalue weighted by Crippen LogP contribution is -2.40. The first-order valence-electron chi connectivity index (χ1n) is 9.18. The molecule has 1 saturated heterocycles. The second kappa shape index (κ2) is 7.75. The third kappa shape index (κ3) is 3.86. The molecule has 0 N–H and O–H groups in total. The summed E-state index contributed by atoms with van der Waals surface area (Å²) >= 11 is 1.32. The van der Waals surface area contributed by atoms with Gasteiger partial charge in [-0.3, -0.25) is 4.79 Å². The summed E-state index contributed by atoms with van der Waals surface area (Å²) in [5.74, 6) is -0.197. The van der Waals surface area contributed by atoms with E-state index in [1.54, 1.807) is 28.5 Å². The molecule has 4 rings (SSSR count). The van der Waals surface area contributed by atoms with Crippen molar-refractivity contribution in [3.8, 4) is 10.6 Å². The van der Waals surface area contributed by atoms with Crippen LogP contribution in [0.4, 0.5) is 13.2 Å². The van der Waals surface area contributed by atoms with Gasteiger partial charge in [-0.2, -0.15) is 18.3 Å². The molecule has 0 saturated carbocycles. The number of methoxy groups -OCH3 is 1. The molecule has 0 radical (unpaired) electrons. The van der Waals surface area contributed by atoms with Gasteiger partial charge in [0, 0.05) is 19.7 Å². The third-order valence-electron chi connectivity index (χ3n) is 4.94. The predicted molar refractivity (Wildman–Crippen MR) is 101 cm³/mol. The molecule has 0 aliphatic carbocycles. The number of aromatic nitrogens is 3. The van der Waals surface area contributed by atoms with Crippen molar-refractivity contribution in [2.75, 3.05) is 20.3 Å². The molecule has 0 bridgehead atoms. The second-order valence-electron chi connectivity index (χ2n) is 6.87. The molecule has 3 aromatic heterocycles. The highest BCUT2D eigenvalue weighted by atomic mass is 32.1. The number of fused-ring (bicyclic) bond motifs is 1. The van der Waals surface area contributed by atoms with Gasteiger partial charge in [0.15, 0.2) is 11.3 Å². The molecule has 1 atom stereocenters. The Kier molecular flexibility index (Phi) is 5.30. The van der Waals surface area contributed by atoms with E-state index in [0.717, 1.165) is 23.4 Å². The molecular formula is C19H19F3N4O2S. The number of thiophene rings is 1. The van der Waals surface area contributed by atoms with E-state index in [-0.39, 0.29) is 29.9 Å². The van der Waals surface area contributed by atoms with Crippen molar-refractivity contribution in [2.45, 2.75) is 31.5 Å². The number of halogens is 3. The van der Waals surface area contributed by atoms with Crippen LogP contribution < -0.4 is 0 Å². The van der Waals surface area contributed by atoms with Crippen LogP contribution >= 0.6 is 11.3 Å². The maximum atomic E-state index is 13.7. The van der Waals surface area contributed by atoms with Crippen molar-refractivity contribution >= 4 is 22.9 Å². The molecule has 1 unspecified atom stereocenters. The van der Waals surface area contributed by atoms with Gasteiger partial charge in [-0.15, -0.1) is 11.3 Å². The lowest BCUT2D eigenvalue weighted by atomic mass is 9.99. The highest BCUT2D eigenvalue weighted by molar-refractivity contribution is 7.13. The number of ether oxygens (including phenoxy) is 1. The van der Waals surface area contributed by atoms with Crippen LogP contribution in [-0.2, 0) is 15.7 Å². The summed E-state index contributed by atoms with van der Waals surface area (Å²) in [4.78, 5) is 19.1. The summed E-state index contributed by atoms with van der Waals surface area (Å²) < 4.78 is 47.0. The number of piperidine rings is 1. The predicted octanol–water partition coefficient (Wildman–Crippen LogP) is 4.18. The summed E-state index contributed by atoms with van der Waals surface area (Å²) in [5.41, 5.74) is -0.108. The van der Waals surface area contributed by atoms with Gasteiger partial charge < -0.3 is 9.64 Å². The van der Waals surface area contributed by atoms with Gasteiger partial charge in [0.1, 0.15) is 6.61 Å². The van der Waals surface area contributed by atoms with Crippen LogP contribution in [0.5, 0.6) is 0 Å². The second-order valence-corrected chi connectivity index (χ2v) is 7.82.